The third kappa shape index (κ3) is 6.88. The van der Waals surface area contributed by atoms with Gasteiger partial charge in [-0.3, -0.25) is 4.98 Å². The Balaban J connectivity index is 2.11. The molecule has 0 unspecified atom stereocenters. The molecule has 0 radical (unpaired) electrons. The van der Waals surface area contributed by atoms with Gasteiger partial charge in [-0.15, -0.1) is 0 Å². The lowest BCUT2D eigenvalue weighted by Crippen LogP contribution is -2.17. The molecule has 5 heteroatoms. The summed E-state index contributed by atoms with van der Waals surface area (Å²) in [6.07, 6.45) is 2.34. The summed E-state index contributed by atoms with van der Waals surface area (Å²) in [6.45, 7) is 7.33. The number of carboxylic acid groups (broad SMARTS) is 1. The number of carbonyl (C=O) groups is 1. The van der Waals surface area contributed by atoms with Crippen LogP contribution in [0, 0.1) is 5.92 Å². The summed E-state index contributed by atoms with van der Waals surface area (Å²) in [5.41, 5.74) is 1.05. The fraction of sp³-hybridized carbons (Fsp3) is 0.571. The lowest BCUT2D eigenvalue weighted by molar-refractivity contribution is 0.0696. The Morgan fingerprint density at radius 1 is 1.47 bits per heavy atom. The van der Waals surface area contributed by atoms with Crippen molar-refractivity contribution in [2.45, 2.75) is 26.8 Å². The largest absolute Gasteiger partial charge is 0.478 e. The fourth-order valence-corrected chi connectivity index (χ4v) is 1.49. The topological polar surface area (TPSA) is 71.5 Å². The zero-order valence-electron chi connectivity index (χ0n) is 11.6. The first kappa shape index (κ1) is 15.6. The molecular formula is C14H22N2O3. The van der Waals surface area contributed by atoms with E-state index >= 15 is 0 Å². The Kier molecular flexibility index (Phi) is 7.07. The molecule has 1 heterocycles. The first-order valence-corrected chi connectivity index (χ1v) is 6.56. The van der Waals surface area contributed by atoms with Gasteiger partial charge in [-0.1, -0.05) is 13.8 Å². The minimum absolute atomic E-state index is 0.214. The smallest absolute Gasteiger partial charge is 0.337 e. The van der Waals surface area contributed by atoms with Crippen LogP contribution < -0.4 is 5.32 Å². The van der Waals surface area contributed by atoms with Crippen LogP contribution in [0.25, 0.3) is 0 Å². The van der Waals surface area contributed by atoms with Crippen LogP contribution in [0.2, 0.25) is 0 Å². The molecule has 19 heavy (non-hydrogen) atoms. The molecule has 0 aromatic carbocycles. The molecule has 106 valence electrons. The number of carboxylic acids is 1. The first-order chi connectivity index (χ1) is 9.09. The Hall–Kier alpha value is -1.46. The van der Waals surface area contributed by atoms with Crippen molar-refractivity contribution in [1.82, 2.24) is 10.3 Å². The van der Waals surface area contributed by atoms with E-state index in [1.165, 1.54) is 6.20 Å². The standard InChI is InChI=1S/C14H22N2O3/c1-11(2)10-19-7-3-6-15-9-13-5-4-12(8-16-13)14(17)18/h4-5,8,11,15H,3,6-7,9-10H2,1-2H3,(H,17,18). The Bertz CT molecular complexity index is 377. The molecule has 1 rings (SSSR count). The number of nitrogens with one attached hydrogen (secondary N) is 1. The highest BCUT2D eigenvalue weighted by Crippen LogP contribution is 2.00. The second-order valence-corrected chi connectivity index (χ2v) is 4.84. The number of aromatic carboxylic acids is 1. The number of pyridine rings is 1. The highest BCUT2D eigenvalue weighted by molar-refractivity contribution is 5.87. The third-order valence-corrected chi connectivity index (χ3v) is 2.47. The molecule has 0 bridgehead atoms. The molecule has 0 aliphatic heterocycles. The molecule has 0 aliphatic carbocycles. The third-order valence-electron chi connectivity index (χ3n) is 2.47. The first-order valence-electron chi connectivity index (χ1n) is 6.56. The molecule has 0 spiro atoms. The zero-order chi connectivity index (χ0) is 14.1. The van der Waals surface area contributed by atoms with Crippen LogP contribution in [0.15, 0.2) is 18.3 Å². The maximum absolute atomic E-state index is 10.7. The Labute approximate surface area is 114 Å². The van der Waals surface area contributed by atoms with Gasteiger partial charge in [-0.2, -0.15) is 0 Å². The van der Waals surface area contributed by atoms with Gasteiger partial charge in [0.15, 0.2) is 0 Å². The van der Waals surface area contributed by atoms with E-state index in [1.807, 2.05) is 0 Å². The molecule has 1 aromatic rings. The molecule has 1 aromatic heterocycles. The van der Waals surface area contributed by atoms with Gasteiger partial charge < -0.3 is 15.2 Å². The van der Waals surface area contributed by atoms with Crippen molar-refractivity contribution >= 4 is 5.97 Å². The monoisotopic (exact) mass is 266 g/mol. The van der Waals surface area contributed by atoms with Gasteiger partial charge in [0, 0.05) is 26.0 Å². The lowest BCUT2D eigenvalue weighted by Gasteiger charge is -2.07. The van der Waals surface area contributed by atoms with E-state index in [4.69, 9.17) is 9.84 Å². The molecule has 2 N–H and O–H groups in total. The van der Waals surface area contributed by atoms with E-state index in [0.717, 1.165) is 31.9 Å². The number of hydrogen-bond donors (Lipinski definition) is 2. The van der Waals surface area contributed by atoms with Crippen molar-refractivity contribution in [3.63, 3.8) is 0 Å². The summed E-state index contributed by atoms with van der Waals surface area (Å²) in [5, 5.41) is 12.0. The zero-order valence-corrected chi connectivity index (χ0v) is 11.6. The summed E-state index contributed by atoms with van der Waals surface area (Å²) in [6, 6.07) is 3.30. The van der Waals surface area contributed by atoms with E-state index in [2.05, 4.69) is 24.1 Å². The van der Waals surface area contributed by atoms with Crippen LogP contribution in [-0.2, 0) is 11.3 Å². The van der Waals surface area contributed by atoms with Crippen molar-refractivity contribution < 1.29 is 14.6 Å². The highest BCUT2D eigenvalue weighted by atomic mass is 16.5. The molecule has 0 saturated heterocycles. The van der Waals surface area contributed by atoms with Gasteiger partial charge in [0.1, 0.15) is 0 Å². The Morgan fingerprint density at radius 2 is 2.26 bits per heavy atom. The SMILES string of the molecule is CC(C)COCCCNCc1ccc(C(=O)O)cn1. The van der Waals surface area contributed by atoms with Gasteiger partial charge in [0.2, 0.25) is 0 Å². The molecule has 0 fully saturated rings. The van der Waals surface area contributed by atoms with E-state index in [1.54, 1.807) is 12.1 Å². The van der Waals surface area contributed by atoms with Crippen LogP contribution in [0.1, 0.15) is 36.3 Å². The summed E-state index contributed by atoms with van der Waals surface area (Å²) in [7, 11) is 0. The quantitative estimate of drug-likeness (QED) is 0.668. The maximum atomic E-state index is 10.7. The number of nitrogens with zero attached hydrogens (tertiary/aromatic N) is 1. The predicted octanol–water partition coefficient (Wildman–Crippen LogP) is 1.93. The van der Waals surface area contributed by atoms with Crippen LogP contribution in [0.3, 0.4) is 0 Å². The molecule has 0 atom stereocenters. The number of hydrogen-bond acceptors (Lipinski definition) is 4. The van der Waals surface area contributed by atoms with Gasteiger partial charge >= 0.3 is 5.97 Å². The number of aromatic nitrogens is 1. The second-order valence-electron chi connectivity index (χ2n) is 4.84. The van der Waals surface area contributed by atoms with Crippen LogP contribution in [0.5, 0.6) is 0 Å². The highest BCUT2D eigenvalue weighted by Gasteiger charge is 2.02. The normalized spacial score (nSPS) is 10.9. The van der Waals surface area contributed by atoms with Gasteiger partial charge in [0.05, 0.1) is 11.3 Å². The van der Waals surface area contributed by atoms with Crippen molar-refractivity contribution in [1.29, 1.82) is 0 Å². The van der Waals surface area contributed by atoms with E-state index in [-0.39, 0.29) is 5.56 Å². The summed E-state index contributed by atoms with van der Waals surface area (Å²) >= 11 is 0. The van der Waals surface area contributed by atoms with Crippen molar-refractivity contribution in [2.75, 3.05) is 19.8 Å². The Morgan fingerprint density at radius 3 is 2.84 bits per heavy atom. The lowest BCUT2D eigenvalue weighted by atomic mass is 10.2. The number of ether oxygens (including phenoxy) is 1. The average Bonchev–Trinajstić information content (AvgIpc) is 2.38. The van der Waals surface area contributed by atoms with Gasteiger partial charge in [0.25, 0.3) is 0 Å². The van der Waals surface area contributed by atoms with E-state index in [9.17, 15) is 4.79 Å². The van der Waals surface area contributed by atoms with Gasteiger partial charge in [-0.05, 0) is 31.0 Å². The van der Waals surface area contributed by atoms with Crippen LogP contribution in [0.4, 0.5) is 0 Å². The molecule has 5 nitrogen and oxygen atoms in total. The molecular weight excluding hydrogens is 244 g/mol. The predicted molar refractivity (Wildman–Crippen MR) is 73.2 cm³/mol. The van der Waals surface area contributed by atoms with Crippen molar-refractivity contribution in [3.05, 3.63) is 29.6 Å². The average molecular weight is 266 g/mol. The van der Waals surface area contributed by atoms with Crippen molar-refractivity contribution in [2.24, 2.45) is 5.92 Å². The molecule has 0 saturated carbocycles. The minimum atomic E-state index is -0.950. The van der Waals surface area contributed by atoms with Crippen LogP contribution >= 0.6 is 0 Å². The van der Waals surface area contributed by atoms with E-state index < -0.39 is 5.97 Å². The molecule has 0 amide bonds. The van der Waals surface area contributed by atoms with E-state index in [0.29, 0.717) is 12.5 Å². The summed E-state index contributed by atoms with van der Waals surface area (Å²) in [4.78, 5) is 14.7. The van der Waals surface area contributed by atoms with Crippen LogP contribution in [-0.4, -0.2) is 35.8 Å². The number of rotatable bonds is 9. The van der Waals surface area contributed by atoms with Crippen molar-refractivity contribution in [3.8, 4) is 0 Å². The maximum Gasteiger partial charge on any atom is 0.337 e. The fourth-order valence-electron chi connectivity index (χ4n) is 1.49. The summed E-state index contributed by atoms with van der Waals surface area (Å²) < 4.78 is 5.47. The molecule has 0 aliphatic rings. The van der Waals surface area contributed by atoms with Gasteiger partial charge in [-0.25, -0.2) is 4.79 Å². The summed E-state index contributed by atoms with van der Waals surface area (Å²) in [5.74, 6) is -0.376. The minimum Gasteiger partial charge on any atom is -0.478 e. The second kappa shape index (κ2) is 8.61.